The molecule has 0 bridgehead atoms. The van der Waals surface area contributed by atoms with Crippen molar-refractivity contribution in [1.29, 1.82) is 0 Å². The molecule has 0 aliphatic carbocycles. The quantitative estimate of drug-likeness (QED) is 0.343. The third kappa shape index (κ3) is 3.16. The second kappa shape index (κ2) is 5.41. The van der Waals surface area contributed by atoms with Gasteiger partial charge in [-0.2, -0.15) is 4.98 Å². The summed E-state index contributed by atoms with van der Waals surface area (Å²) in [5, 5.41) is 10.5. The molecule has 16 heavy (non-hydrogen) atoms. The molecular weight excluding hydrogens is 234 g/mol. The molecule has 0 saturated carbocycles. The molecule has 0 saturated heterocycles. The first-order chi connectivity index (χ1) is 7.52. The minimum atomic E-state index is -0.668. The Kier molecular flexibility index (Phi) is 4.19. The maximum Gasteiger partial charge on any atom is 0.367 e. The second-order valence-corrected chi connectivity index (χ2v) is 3.49. The number of halogens is 1. The van der Waals surface area contributed by atoms with E-state index in [1.165, 1.54) is 0 Å². The minimum absolute atomic E-state index is 0.119. The third-order valence-corrected chi connectivity index (χ3v) is 1.97. The molecule has 0 spiro atoms. The van der Waals surface area contributed by atoms with Gasteiger partial charge in [-0.05, 0) is 6.92 Å². The first-order valence-electron chi connectivity index (χ1n) is 4.44. The van der Waals surface area contributed by atoms with E-state index < -0.39 is 10.6 Å². The zero-order chi connectivity index (χ0) is 12.1. The predicted molar refractivity (Wildman–Crippen MR) is 58.6 cm³/mol. The summed E-state index contributed by atoms with van der Waals surface area (Å²) in [6, 6.07) is 0. The van der Waals surface area contributed by atoms with Gasteiger partial charge in [0.05, 0.1) is 11.5 Å². The van der Waals surface area contributed by atoms with Crippen molar-refractivity contribution in [1.82, 2.24) is 9.97 Å². The van der Waals surface area contributed by atoms with Gasteiger partial charge in [0.2, 0.25) is 5.15 Å². The monoisotopic (exact) mass is 243 g/mol. The molecule has 1 aromatic rings. The molecule has 0 N–H and O–H groups in total. The molecule has 1 rings (SSSR count). The van der Waals surface area contributed by atoms with Crippen molar-refractivity contribution < 1.29 is 9.66 Å². The Labute approximate surface area is 97.1 Å². The molecule has 0 aliphatic rings. The van der Waals surface area contributed by atoms with E-state index in [0.29, 0.717) is 6.42 Å². The van der Waals surface area contributed by atoms with Crippen molar-refractivity contribution in [3.05, 3.63) is 33.7 Å². The Bertz CT molecular complexity index is 422. The lowest BCUT2D eigenvalue weighted by atomic mass is 10.3. The van der Waals surface area contributed by atoms with Crippen molar-refractivity contribution in [3.63, 3.8) is 0 Å². The summed E-state index contributed by atoms with van der Waals surface area (Å²) in [7, 11) is 0. The minimum Gasteiger partial charge on any atom is -0.472 e. The van der Waals surface area contributed by atoms with E-state index in [1.54, 1.807) is 0 Å². The summed E-state index contributed by atoms with van der Waals surface area (Å²) in [6.45, 7) is 5.79. The fraction of sp³-hybridized carbons (Fsp3) is 0.333. The zero-order valence-corrected chi connectivity index (χ0v) is 9.40. The molecule has 0 radical (unpaired) electrons. The molecule has 0 amide bonds. The van der Waals surface area contributed by atoms with Crippen LogP contribution in [0.5, 0.6) is 5.88 Å². The summed E-state index contributed by atoms with van der Waals surface area (Å²) in [4.78, 5) is 17.2. The molecule has 0 aromatic carbocycles. The number of nitro groups is 1. The summed E-state index contributed by atoms with van der Waals surface area (Å²) in [5.74, 6) is -0.119. The van der Waals surface area contributed by atoms with Gasteiger partial charge in [-0.15, -0.1) is 6.58 Å². The maximum atomic E-state index is 10.7. The van der Waals surface area contributed by atoms with E-state index in [-0.39, 0.29) is 17.6 Å². The van der Waals surface area contributed by atoms with E-state index in [1.807, 2.05) is 6.92 Å². The average Bonchev–Trinajstić information content (AvgIpc) is 2.16. The van der Waals surface area contributed by atoms with Crippen LogP contribution < -0.4 is 4.74 Å². The summed E-state index contributed by atoms with van der Waals surface area (Å²) in [5.41, 5.74) is 0.508. The number of hydrogen-bond donors (Lipinski definition) is 0. The van der Waals surface area contributed by atoms with E-state index in [4.69, 9.17) is 16.3 Å². The SMILES string of the molecule is C=C(C)CCOc1ncnc(Cl)c1[N+](=O)[O-]. The van der Waals surface area contributed by atoms with E-state index in [2.05, 4.69) is 16.5 Å². The van der Waals surface area contributed by atoms with E-state index in [9.17, 15) is 10.1 Å². The number of ether oxygens (including phenoxy) is 1. The topological polar surface area (TPSA) is 78.2 Å². The molecule has 0 atom stereocenters. The van der Waals surface area contributed by atoms with E-state index >= 15 is 0 Å². The lowest BCUT2D eigenvalue weighted by molar-refractivity contribution is -0.386. The Morgan fingerprint density at radius 3 is 2.94 bits per heavy atom. The van der Waals surface area contributed by atoms with Crippen LogP contribution in [0.15, 0.2) is 18.5 Å². The van der Waals surface area contributed by atoms with Crippen LogP contribution in [0.25, 0.3) is 0 Å². The van der Waals surface area contributed by atoms with E-state index in [0.717, 1.165) is 11.9 Å². The Hall–Kier alpha value is -1.69. The van der Waals surface area contributed by atoms with Gasteiger partial charge in [0, 0.05) is 6.42 Å². The first kappa shape index (κ1) is 12.4. The summed E-state index contributed by atoms with van der Waals surface area (Å²) >= 11 is 5.58. The lowest BCUT2D eigenvalue weighted by Gasteiger charge is -2.05. The molecule has 6 nitrogen and oxygen atoms in total. The second-order valence-electron chi connectivity index (χ2n) is 3.13. The van der Waals surface area contributed by atoms with Gasteiger partial charge >= 0.3 is 5.69 Å². The predicted octanol–water partition coefficient (Wildman–Crippen LogP) is 2.38. The Balaban J connectivity index is 2.83. The van der Waals surface area contributed by atoms with Crippen molar-refractivity contribution in [2.45, 2.75) is 13.3 Å². The van der Waals surface area contributed by atoms with Crippen molar-refractivity contribution in [3.8, 4) is 5.88 Å². The number of rotatable bonds is 5. The van der Waals surface area contributed by atoms with Crippen LogP contribution in [0.4, 0.5) is 5.69 Å². The van der Waals surface area contributed by atoms with Crippen LogP contribution in [0.3, 0.4) is 0 Å². The average molecular weight is 244 g/mol. The molecule has 1 heterocycles. The first-order valence-corrected chi connectivity index (χ1v) is 4.82. The summed E-state index contributed by atoms with van der Waals surface area (Å²) < 4.78 is 5.15. The molecule has 0 aliphatic heterocycles. The Morgan fingerprint density at radius 2 is 2.38 bits per heavy atom. The largest absolute Gasteiger partial charge is 0.472 e. The van der Waals surface area contributed by atoms with Gasteiger partial charge in [-0.25, -0.2) is 4.98 Å². The zero-order valence-electron chi connectivity index (χ0n) is 8.64. The number of hydrogen-bond acceptors (Lipinski definition) is 5. The highest BCUT2D eigenvalue weighted by Crippen LogP contribution is 2.30. The highest BCUT2D eigenvalue weighted by atomic mass is 35.5. The smallest absolute Gasteiger partial charge is 0.367 e. The van der Waals surface area contributed by atoms with Crippen molar-refractivity contribution in [2.24, 2.45) is 0 Å². The van der Waals surface area contributed by atoms with Gasteiger partial charge in [0.1, 0.15) is 6.33 Å². The van der Waals surface area contributed by atoms with Crippen LogP contribution >= 0.6 is 11.6 Å². The molecular formula is C9H10ClN3O3. The fourth-order valence-corrected chi connectivity index (χ4v) is 1.12. The lowest BCUT2D eigenvalue weighted by Crippen LogP contribution is -2.04. The molecule has 0 unspecified atom stereocenters. The fourth-order valence-electron chi connectivity index (χ4n) is 0.924. The molecule has 1 aromatic heterocycles. The number of aromatic nitrogens is 2. The van der Waals surface area contributed by atoms with Gasteiger partial charge < -0.3 is 4.74 Å². The van der Waals surface area contributed by atoms with Gasteiger partial charge in [0.25, 0.3) is 5.88 Å². The third-order valence-electron chi connectivity index (χ3n) is 1.69. The molecule has 7 heteroatoms. The summed E-state index contributed by atoms with van der Waals surface area (Å²) in [6.07, 6.45) is 1.71. The highest BCUT2D eigenvalue weighted by molar-refractivity contribution is 6.31. The van der Waals surface area contributed by atoms with Crippen LogP contribution in [0.1, 0.15) is 13.3 Å². The molecule has 0 fully saturated rings. The standard InChI is InChI=1S/C9H10ClN3O3/c1-6(2)3-4-16-9-7(13(14)15)8(10)11-5-12-9/h5H,1,3-4H2,2H3. The van der Waals surface area contributed by atoms with Crippen LogP contribution in [-0.4, -0.2) is 21.5 Å². The van der Waals surface area contributed by atoms with Crippen LogP contribution in [-0.2, 0) is 0 Å². The van der Waals surface area contributed by atoms with Gasteiger partial charge in [0.15, 0.2) is 0 Å². The van der Waals surface area contributed by atoms with Gasteiger partial charge in [-0.1, -0.05) is 17.2 Å². The molecule has 86 valence electrons. The Morgan fingerprint density at radius 1 is 1.69 bits per heavy atom. The van der Waals surface area contributed by atoms with Crippen LogP contribution in [0, 0.1) is 10.1 Å². The highest BCUT2D eigenvalue weighted by Gasteiger charge is 2.22. The van der Waals surface area contributed by atoms with Crippen LogP contribution in [0.2, 0.25) is 5.15 Å². The normalized spacial score (nSPS) is 9.88. The van der Waals surface area contributed by atoms with Crippen molar-refractivity contribution >= 4 is 17.3 Å². The van der Waals surface area contributed by atoms with Gasteiger partial charge in [-0.3, -0.25) is 10.1 Å². The maximum absolute atomic E-state index is 10.7. The number of nitrogens with zero attached hydrogens (tertiary/aromatic N) is 3. The van der Waals surface area contributed by atoms with Crippen molar-refractivity contribution in [2.75, 3.05) is 6.61 Å².